The van der Waals surface area contributed by atoms with Gasteiger partial charge in [-0.1, -0.05) is 78.4 Å². The zero-order valence-corrected chi connectivity index (χ0v) is 19.9. The lowest BCUT2D eigenvalue weighted by atomic mass is 10.1. The molecule has 3 aromatic carbocycles. The van der Waals surface area contributed by atoms with Gasteiger partial charge in [-0.25, -0.2) is 12.7 Å². The van der Waals surface area contributed by atoms with Crippen LogP contribution in [0.4, 0.5) is 0 Å². The third-order valence-electron chi connectivity index (χ3n) is 6.06. The summed E-state index contributed by atoms with van der Waals surface area (Å²) in [6.45, 7) is 2.62. The molecule has 3 aromatic rings. The van der Waals surface area contributed by atoms with Crippen molar-refractivity contribution >= 4 is 21.8 Å². The van der Waals surface area contributed by atoms with Crippen molar-refractivity contribution in [2.75, 3.05) is 6.54 Å². The summed E-state index contributed by atoms with van der Waals surface area (Å²) in [7, 11) is -4.14. The fourth-order valence-corrected chi connectivity index (χ4v) is 5.80. The van der Waals surface area contributed by atoms with Crippen LogP contribution in [0.2, 0.25) is 0 Å². The van der Waals surface area contributed by atoms with E-state index < -0.39 is 22.0 Å². The highest BCUT2D eigenvalue weighted by molar-refractivity contribution is 7.89. The average molecular weight is 477 g/mol. The summed E-state index contributed by atoms with van der Waals surface area (Å²) in [5, 5.41) is 0. The van der Waals surface area contributed by atoms with Gasteiger partial charge >= 0.3 is 0 Å². The first-order valence-corrected chi connectivity index (χ1v) is 12.8. The molecule has 4 rings (SSSR count). The number of hydrogen-bond donors (Lipinski definition) is 0. The second kappa shape index (κ2) is 10.2. The number of carbonyl (C=O) groups excluding carboxylic acids is 2. The molecule has 0 saturated carbocycles. The summed E-state index contributed by atoms with van der Waals surface area (Å²) in [6.07, 6.45) is 0.837. The minimum atomic E-state index is -4.14. The molecular formula is C27H28N2O4S. The molecule has 0 unspecified atom stereocenters. The van der Waals surface area contributed by atoms with Crippen molar-refractivity contribution in [2.24, 2.45) is 0 Å². The van der Waals surface area contributed by atoms with Crippen LogP contribution >= 0.6 is 0 Å². The van der Waals surface area contributed by atoms with Gasteiger partial charge in [0, 0.05) is 19.5 Å². The molecule has 0 bridgehead atoms. The summed E-state index contributed by atoms with van der Waals surface area (Å²) in [5.41, 5.74) is 2.94. The maximum absolute atomic E-state index is 13.7. The normalized spacial score (nSPS) is 16.0. The smallest absolute Gasteiger partial charge is 0.267 e. The lowest BCUT2D eigenvalue weighted by Gasteiger charge is -2.30. The summed E-state index contributed by atoms with van der Waals surface area (Å²) < 4.78 is 27.5. The first-order chi connectivity index (χ1) is 16.4. The number of hydrogen-bond acceptors (Lipinski definition) is 4. The summed E-state index contributed by atoms with van der Waals surface area (Å²) in [6, 6.07) is 24.7. The molecule has 1 saturated heterocycles. The minimum Gasteiger partial charge on any atom is -0.336 e. The Hall–Kier alpha value is -3.45. The van der Waals surface area contributed by atoms with Gasteiger partial charge in [0.2, 0.25) is 11.8 Å². The van der Waals surface area contributed by atoms with Crippen molar-refractivity contribution in [3.63, 3.8) is 0 Å². The molecule has 2 amide bonds. The molecule has 34 heavy (non-hydrogen) atoms. The van der Waals surface area contributed by atoms with E-state index in [1.54, 1.807) is 17.0 Å². The van der Waals surface area contributed by atoms with Gasteiger partial charge in [0.05, 0.1) is 4.90 Å². The number of nitrogens with zero attached hydrogens (tertiary/aromatic N) is 2. The summed E-state index contributed by atoms with van der Waals surface area (Å²) in [5.74, 6) is -0.886. The predicted molar refractivity (Wildman–Crippen MR) is 130 cm³/mol. The van der Waals surface area contributed by atoms with E-state index in [4.69, 9.17) is 0 Å². The molecular weight excluding hydrogens is 448 g/mol. The van der Waals surface area contributed by atoms with Gasteiger partial charge in [-0.3, -0.25) is 9.59 Å². The Morgan fingerprint density at radius 3 is 2.12 bits per heavy atom. The van der Waals surface area contributed by atoms with Crippen molar-refractivity contribution in [3.05, 3.63) is 102 Å². The molecule has 6 nitrogen and oxygen atoms in total. The average Bonchev–Trinajstić information content (AvgIpc) is 3.25. The third kappa shape index (κ3) is 5.20. The molecule has 0 N–H and O–H groups in total. The maximum atomic E-state index is 13.7. The van der Waals surface area contributed by atoms with Crippen LogP contribution in [0, 0.1) is 6.92 Å². The van der Waals surface area contributed by atoms with Gasteiger partial charge < -0.3 is 4.90 Å². The van der Waals surface area contributed by atoms with Crippen LogP contribution in [0.5, 0.6) is 0 Å². The molecule has 0 aliphatic carbocycles. The van der Waals surface area contributed by atoms with Crippen molar-refractivity contribution in [1.82, 2.24) is 9.21 Å². The monoisotopic (exact) mass is 476 g/mol. The van der Waals surface area contributed by atoms with Gasteiger partial charge in [-0.15, -0.1) is 0 Å². The maximum Gasteiger partial charge on any atom is 0.267 e. The number of sulfonamides is 1. The van der Waals surface area contributed by atoms with Crippen LogP contribution in [-0.2, 0) is 32.6 Å². The van der Waals surface area contributed by atoms with E-state index in [9.17, 15) is 18.0 Å². The number of amides is 2. The highest BCUT2D eigenvalue weighted by Gasteiger charge is 2.45. The lowest BCUT2D eigenvalue weighted by molar-refractivity contribution is -0.138. The molecule has 7 heteroatoms. The summed E-state index contributed by atoms with van der Waals surface area (Å²) >= 11 is 0. The first-order valence-electron chi connectivity index (χ1n) is 11.4. The van der Waals surface area contributed by atoms with Crippen LogP contribution in [0.1, 0.15) is 29.5 Å². The van der Waals surface area contributed by atoms with Crippen LogP contribution in [0.25, 0.3) is 0 Å². The van der Waals surface area contributed by atoms with Crippen molar-refractivity contribution < 1.29 is 18.0 Å². The fourth-order valence-electron chi connectivity index (χ4n) is 4.20. The lowest BCUT2D eigenvalue weighted by Crippen LogP contribution is -2.49. The molecule has 1 aliphatic heterocycles. The Labute approximate surface area is 200 Å². The first kappa shape index (κ1) is 23.7. The van der Waals surface area contributed by atoms with Gasteiger partial charge in [-0.2, -0.15) is 0 Å². The third-order valence-corrected chi connectivity index (χ3v) is 7.91. The second-order valence-corrected chi connectivity index (χ2v) is 10.4. The van der Waals surface area contributed by atoms with Crippen molar-refractivity contribution in [3.8, 4) is 0 Å². The molecule has 0 radical (unpaired) electrons. The minimum absolute atomic E-state index is 0.0186. The Morgan fingerprint density at radius 2 is 1.50 bits per heavy atom. The number of aryl methyl sites for hydroxylation is 1. The molecule has 176 valence electrons. The van der Waals surface area contributed by atoms with E-state index in [0.717, 1.165) is 21.0 Å². The Kier molecular flexibility index (Phi) is 7.12. The van der Waals surface area contributed by atoms with Crippen LogP contribution in [0.15, 0.2) is 89.8 Å². The van der Waals surface area contributed by atoms with Gasteiger partial charge in [0.1, 0.15) is 6.04 Å². The highest BCUT2D eigenvalue weighted by atomic mass is 32.2. The zero-order valence-electron chi connectivity index (χ0n) is 19.1. The van der Waals surface area contributed by atoms with E-state index in [0.29, 0.717) is 19.5 Å². The Morgan fingerprint density at radius 1 is 0.912 bits per heavy atom. The fraction of sp³-hybridized carbons (Fsp3) is 0.259. The van der Waals surface area contributed by atoms with Crippen LogP contribution < -0.4 is 0 Å². The quantitative estimate of drug-likeness (QED) is 0.494. The van der Waals surface area contributed by atoms with E-state index in [-0.39, 0.29) is 23.6 Å². The number of rotatable bonds is 8. The van der Waals surface area contributed by atoms with Crippen molar-refractivity contribution in [1.29, 1.82) is 0 Å². The summed E-state index contributed by atoms with van der Waals surface area (Å²) in [4.78, 5) is 28.1. The van der Waals surface area contributed by atoms with Gasteiger partial charge in [-0.05, 0) is 43.0 Å². The topological polar surface area (TPSA) is 74.8 Å². The molecule has 0 spiro atoms. The highest BCUT2D eigenvalue weighted by Crippen LogP contribution is 2.29. The van der Waals surface area contributed by atoms with E-state index in [1.807, 2.05) is 67.6 Å². The molecule has 0 aromatic heterocycles. The Bertz CT molecular complexity index is 1240. The van der Waals surface area contributed by atoms with E-state index in [2.05, 4.69) is 0 Å². The second-order valence-electron chi connectivity index (χ2n) is 8.54. The van der Waals surface area contributed by atoms with Gasteiger partial charge in [0.15, 0.2) is 0 Å². The number of carbonyl (C=O) groups is 2. The predicted octanol–water partition coefficient (Wildman–Crippen LogP) is 3.95. The van der Waals surface area contributed by atoms with E-state index >= 15 is 0 Å². The van der Waals surface area contributed by atoms with Gasteiger partial charge in [0.25, 0.3) is 10.0 Å². The van der Waals surface area contributed by atoms with Crippen LogP contribution in [-0.4, -0.2) is 42.0 Å². The molecule has 1 aliphatic rings. The van der Waals surface area contributed by atoms with Crippen molar-refractivity contribution in [2.45, 2.75) is 43.7 Å². The molecule has 1 fully saturated rings. The largest absolute Gasteiger partial charge is 0.336 e. The van der Waals surface area contributed by atoms with E-state index in [1.165, 1.54) is 12.1 Å². The number of benzene rings is 3. The zero-order chi connectivity index (χ0) is 24.1. The molecule has 1 atom stereocenters. The molecule has 1 heterocycles. The van der Waals surface area contributed by atoms with Crippen LogP contribution in [0.3, 0.4) is 0 Å². The Balaban J connectivity index is 1.61. The standard InChI is InChI=1S/C27H28N2O4S/c1-21-12-14-24(15-13-21)34(32,33)29-25(16-17-26(29)30)27(31)28(20-23-10-6-3-7-11-23)19-18-22-8-4-2-5-9-22/h2-15,25H,16-20H2,1H3/t25-/m0/s1. The SMILES string of the molecule is Cc1ccc(S(=O)(=O)N2C(=O)CC[C@H]2C(=O)N(CCc2ccccc2)Cc2ccccc2)cc1.